The molecular formula is C14H20N6O. The van der Waals surface area contributed by atoms with Crippen LogP contribution in [0, 0.1) is 0 Å². The van der Waals surface area contributed by atoms with Crippen LogP contribution in [0.25, 0.3) is 0 Å². The topological polar surface area (TPSA) is 101 Å². The Morgan fingerprint density at radius 3 is 2.86 bits per heavy atom. The number of benzene rings is 1. The summed E-state index contributed by atoms with van der Waals surface area (Å²) in [6.07, 6.45) is 4.89. The van der Waals surface area contributed by atoms with Crippen LogP contribution < -0.4 is 11.1 Å². The molecule has 0 radical (unpaired) electrons. The van der Waals surface area contributed by atoms with E-state index in [1.807, 2.05) is 36.5 Å². The second kappa shape index (κ2) is 8.01. The molecule has 0 bridgehead atoms. The zero-order valence-electron chi connectivity index (χ0n) is 11.8. The molecule has 112 valence electrons. The molecule has 0 amide bonds. The van der Waals surface area contributed by atoms with Crippen molar-refractivity contribution in [3.63, 3.8) is 0 Å². The zero-order chi connectivity index (χ0) is 14.9. The van der Waals surface area contributed by atoms with Crippen LogP contribution in [0.15, 0.2) is 47.9 Å². The number of aryl methyl sites for hydroxylation is 1. The lowest BCUT2D eigenvalue weighted by molar-refractivity contribution is 0.315. The summed E-state index contributed by atoms with van der Waals surface area (Å²) in [6.45, 7) is 1.61. The fourth-order valence-electron chi connectivity index (χ4n) is 2.11. The summed E-state index contributed by atoms with van der Waals surface area (Å²) in [5.41, 5.74) is 6.75. The lowest BCUT2D eigenvalue weighted by atomic mass is 10.0. The van der Waals surface area contributed by atoms with Crippen molar-refractivity contribution in [3.05, 3.63) is 48.3 Å². The number of aromatic nitrogens is 3. The Bertz CT molecular complexity index is 540. The van der Waals surface area contributed by atoms with Crippen LogP contribution in [0.3, 0.4) is 0 Å². The predicted molar refractivity (Wildman–Crippen MR) is 79.9 cm³/mol. The van der Waals surface area contributed by atoms with Crippen molar-refractivity contribution in [3.8, 4) is 0 Å². The van der Waals surface area contributed by atoms with E-state index in [9.17, 15) is 0 Å². The number of oxime groups is 1. The smallest absolute Gasteiger partial charge is 0.141 e. The molecule has 0 aliphatic rings. The van der Waals surface area contributed by atoms with Gasteiger partial charge in [0, 0.05) is 25.2 Å². The van der Waals surface area contributed by atoms with Crippen LogP contribution in [0.2, 0.25) is 0 Å². The Morgan fingerprint density at radius 2 is 2.19 bits per heavy atom. The van der Waals surface area contributed by atoms with Gasteiger partial charge in [-0.3, -0.25) is 4.68 Å². The molecule has 0 aliphatic carbocycles. The van der Waals surface area contributed by atoms with Crippen molar-refractivity contribution in [2.24, 2.45) is 10.9 Å². The Kier molecular flexibility index (Phi) is 5.71. The maximum atomic E-state index is 8.74. The molecule has 0 saturated carbocycles. The van der Waals surface area contributed by atoms with Gasteiger partial charge < -0.3 is 16.3 Å². The fourth-order valence-corrected chi connectivity index (χ4v) is 2.11. The second-order valence-corrected chi connectivity index (χ2v) is 4.73. The molecule has 1 aromatic heterocycles. The SMILES string of the molecule is N/C(CC(NCCCn1ccnn1)c1ccccc1)=N/O. The highest BCUT2D eigenvalue weighted by molar-refractivity contribution is 5.80. The summed E-state index contributed by atoms with van der Waals surface area (Å²) in [4.78, 5) is 0. The number of hydrogen-bond acceptors (Lipinski definition) is 5. The van der Waals surface area contributed by atoms with Crippen LogP contribution >= 0.6 is 0 Å². The zero-order valence-corrected chi connectivity index (χ0v) is 11.8. The third-order valence-electron chi connectivity index (χ3n) is 3.17. The molecule has 7 heteroatoms. The summed E-state index contributed by atoms with van der Waals surface area (Å²) in [6, 6.07) is 10.0. The van der Waals surface area contributed by atoms with Crippen molar-refractivity contribution < 1.29 is 5.21 Å². The van der Waals surface area contributed by atoms with E-state index in [-0.39, 0.29) is 11.9 Å². The number of nitrogens with two attached hydrogens (primary N) is 1. The van der Waals surface area contributed by atoms with Gasteiger partial charge in [-0.25, -0.2) is 0 Å². The Balaban J connectivity index is 1.87. The number of amidine groups is 1. The van der Waals surface area contributed by atoms with Gasteiger partial charge >= 0.3 is 0 Å². The minimum atomic E-state index is 0.0258. The highest BCUT2D eigenvalue weighted by Gasteiger charge is 2.12. The van der Waals surface area contributed by atoms with Crippen molar-refractivity contribution in [1.29, 1.82) is 0 Å². The van der Waals surface area contributed by atoms with Gasteiger partial charge in [0.2, 0.25) is 0 Å². The first-order valence-corrected chi connectivity index (χ1v) is 6.88. The number of hydrogen-bond donors (Lipinski definition) is 3. The summed E-state index contributed by atoms with van der Waals surface area (Å²) >= 11 is 0. The van der Waals surface area contributed by atoms with Gasteiger partial charge in [-0.2, -0.15) is 0 Å². The summed E-state index contributed by atoms with van der Waals surface area (Å²) in [7, 11) is 0. The minimum absolute atomic E-state index is 0.0258. The molecule has 0 fully saturated rings. The van der Waals surface area contributed by atoms with Gasteiger partial charge in [-0.15, -0.1) is 5.10 Å². The maximum Gasteiger partial charge on any atom is 0.141 e. The van der Waals surface area contributed by atoms with E-state index in [0.29, 0.717) is 6.42 Å². The van der Waals surface area contributed by atoms with Crippen LogP contribution in [-0.2, 0) is 6.54 Å². The van der Waals surface area contributed by atoms with Gasteiger partial charge in [-0.1, -0.05) is 40.7 Å². The van der Waals surface area contributed by atoms with E-state index in [1.54, 1.807) is 10.9 Å². The Labute approximate surface area is 123 Å². The first-order chi connectivity index (χ1) is 10.3. The van der Waals surface area contributed by atoms with Crippen LogP contribution in [0.5, 0.6) is 0 Å². The van der Waals surface area contributed by atoms with Crippen LogP contribution in [0.4, 0.5) is 0 Å². The van der Waals surface area contributed by atoms with E-state index in [0.717, 1.165) is 25.1 Å². The van der Waals surface area contributed by atoms with Gasteiger partial charge in [-0.05, 0) is 18.5 Å². The first-order valence-electron chi connectivity index (χ1n) is 6.88. The molecule has 0 aliphatic heterocycles. The van der Waals surface area contributed by atoms with E-state index in [4.69, 9.17) is 10.9 Å². The molecular weight excluding hydrogens is 268 g/mol. The van der Waals surface area contributed by atoms with E-state index in [2.05, 4.69) is 20.8 Å². The average molecular weight is 288 g/mol. The molecule has 1 aromatic carbocycles. The highest BCUT2D eigenvalue weighted by atomic mass is 16.4. The monoisotopic (exact) mass is 288 g/mol. The molecule has 4 N–H and O–H groups in total. The fraction of sp³-hybridized carbons (Fsp3) is 0.357. The van der Waals surface area contributed by atoms with Gasteiger partial charge in [0.1, 0.15) is 5.84 Å². The third kappa shape index (κ3) is 4.88. The molecule has 1 unspecified atom stereocenters. The standard InChI is InChI=1S/C14H20N6O/c15-14(18-21)11-13(12-5-2-1-3-6-12)16-7-4-9-20-10-8-17-19-20/h1-3,5-6,8,10,13,16,21H,4,7,9,11H2,(H2,15,18). The summed E-state index contributed by atoms with van der Waals surface area (Å²) in [5.74, 6) is 0.215. The molecule has 1 atom stereocenters. The summed E-state index contributed by atoms with van der Waals surface area (Å²) < 4.78 is 1.79. The van der Waals surface area contributed by atoms with Crippen molar-refractivity contribution >= 4 is 5.84 Å². The molecule has 0 saturated heterocycles. The van der Waals surface area contributed by atoms with Gasteiger partial charge in [0.15, 0.2) is 0 Å². The first kappa shape index (κ1) is 15.0. The normalized spacial score (nSPS) is 13.2. The number of nitrogens with zero attached hydrogens (tertiary/aromatic N) is 4. The Morgan fingerprint density at radius 1 is 1.38 bits per heavy atom. The third-order valence-corrected chi connectivity index (χ3v) is 3.17. The van der Waals surface area contributed by atoms with Crippen LogP contribution in [0.1, 0.15) is 24.4 Å². The van der Waals surface area contributed by atoms with Gasteiger partial charge in [0.05, 0.1) is 6.20 Å². The molecule has 7 nitrogen and oxygen atoms in total. The van der Waals surface area contributed by atoms with E-state index >= 15 is 0 Å². The quantitative estimate of drug-likeness (QED) is 0.222. The molecule has 21 heavy (non-hydrogen) atoms. The largest absolute Gasteiger partial charge is 0.409 e. The summed E-state index contributed by atoms with van der Waals surface area (Å²) in [5, 5.41) is 22.9. The second-order valence-electron chi connectivity index (χ2n) is 4.73. The molecule has 2 aromatic rings. The predicted octanol–water partition coefficient (Wildman–Crippen LogP) is 1.14. The Hall–Kier alpha value is -2.41. The van der Waals surface area contributed by atoms with Crippen molar-refractivity contribution in [2.75, 3.05) is 6.54 Å². The molecule has 1 heterocycles. The van der Waals surface area contributed by atoms with Crippen LogP contribution in [-0.4, -0.2) is 32.6 Å². The lowest BCUT2D eigenvalue weighted by Gasteiger charge is -2.18. The average Bonchev–Trinajstić information content (AvgIpc) is 3.04. The highest BCUT2D eigenvalue weighted by Crippen LogP contribution is 2.16. The maximum absolute atomic E-state index is 8.74. The number of rotatable bonds is 8. The molecule has 0 spiro atoms. The lowest BCUT2D eigenvalue weighted by Crippen LogP contribution is -2.28. The van der Waals surface area contributed by atoms with E-state index < -0.39 is 0 Å². The van der Waals surface area contributed by atoms with E-state index in [1.165, 1.54) is 0 Å². The molecule has 2 rings (SSSR count). The number of nitrogens with one attached hydrogen (secondary N) is 1. The van der Waals surface area contributed by atoms with Crippen molar-refractivity contribution in [2.45, 2.75) is 25.4 Å². The minimum Gasteiger partial charge on any atom is -0.409 e. The van der Waals surface area contributed by atoms with Crippen molar-refractivity contribution in [1.82, 2.24) is 20.3 Å². The van der Waals surface area contributed by atoms with Gasteiger partial charge in [0.25, 0.3) is 0 Å².